The van der Waals surface area contributed by atoms with E-state index in [4.69, 9.17) is 4.74 Å². The van der Waals surface area contributed by atoms with Gasteiger partial charge >= 0.3 is 0 Å². The molecule has 0 atom stereocenters. The Balaban J connectivity index is 2.02. The lowest BCUT2D eigenvalue weighted by atomic mass is 10.2. The number of anilines is 1. The van der Waals surface area contributed by atoms with Crippen LogP contribution in [0.2, 0.25) is 0 Å². The van der Waals surface area contributed by atoms with Crippen molar-refractivity contribution in [1.29, 1.82) is 0 Å². The van der Waals surface area contributed by atoms with Crippen molar-refractivity contribution in [2.75, 3.05) is 25.1 Å². The van der Waals surface area contributed by atoms with Gasteiger partial charge in [0, 0.05) is 32.2 Å². The first-order valence-electron chi connectivity index (χ1n) is 6.84. The van der Waals surface area contributed by atoms with Gasteiger partial charge in [-0.05, 0) is 38.0 Å². The molecule has 0 aliphatic carbocycles. The molecular weight excluding hydrogens is 257 g/mol. The smallest absolute Gasteiger partial charge is 0.207 e. The number of nitrogens with one attached hydrogen (secondary N) is 1. The molecule has 1 N–H and O–H groups in total. The predicted octanol–water partition coefficient (Wildman–Crippen LogP) is 3.16. The molecule has 0 spiro atoms. The van der Waals surface area contributed by atoms with Gasteiger partial charge in [-0.25, -0.2) is 9.37 Å². The lowest BCUT2D eigenvalue weighted by Crippen LogP contribution is -2.10. The van der Waals surface area contributed by atoms with Crippen molar-refractivity contribution in [1.82, 2.24) is 9.55 Å². The number of aryl methyl sites for hydroxylation is 1. The Bertz CT molecular complexity index is 554. The summed E-state index contributed by atoms with van der Waals surface area (Å²) in [5.74, 6) is 0.503. The Labute approximate surface area is 118 Å². The van der Waals surface area contributed by atoms with Gasteiger partial charge in [-0.3, -0.25) is 4.57 Å². The normalized spacial score (nSPS) is 10.8. The first-order valence-corrected chi connectivity index (χ1v) is 6.84. The fourth-order valence-electron chi connectivity index (χ4n) is 1.89. The molecule has 0 saturated heterocycles. The second-order valence-electron chi connectivity index (χ2n) is 4.53. The van der Waals surface area contributed by atoms with E-state index >= 15 is 0 Å². The van der Waals surface area contributed by atoms with Crippen LogP contribution in [0.5, 0.6) is 0 Å². The van der Waals surface area contributed by atoms with Crippen LogP contribution in [0.1, 0.15) is 18.9 Å². The molecule has 1 aromatic heterocycles. The van der Waals surface area contributed by atoms with Crippen molar-refractivity contribution < 1.29 is 9.13 Å². The standard InChI is InChI=1S/C15H20FN3O/c1-3-20-10-4-7-17-15-18-8-9-19(15)13-6-5-12(2)14(16)11-13/h5-6,8-9,11H,3-4,7,10H2,1-2H3,(H,17,18). The Morgan fingerprint density at radius 2 is 2.25 bits per heavy atom. The van der Waals surface area contributed by atoms with Gasteiger partial charge in [-0.15, -0.1) is 0 Å². The van der Waals surface area contributed by atoms with Gasteiger partial charge in [0.2, 0.25) is 5.95 Å². The fraction of sp³-hybridized carbons (Fsp3) is 0.400. The second kappa shape index (κ2) is 7.05. The Kier molecular flexibility index (Phi) is 5.12. The summed E-state index contributed by atoms with van der Waals surface area (Å²) in [6, 6.07) is 5.16. The van der Waals surface area contributed by atoms with Crippen molar-refractivity contribution in [3.63, 3.8) is 0 Å². The molecule has 5 heteroatoms. The molecule has 0 aliphatic rings. The number of nitrogens with zero attached hydrogens (tertiary/aromatic N) is 2. The zero-order valence-corrected chi connectivity index (χ0v) is 11.9. The molecule has 20 heavy (non-hydrogen) atoms. The topological polar surface area (TPSA) is 39.1 Å². The van der Waals surface area contributed by atoms with Gasteiger partial charge in [-0.2, -0.15) is 0 Å². The van der Waals surface area contributed by atoms with Crippen LogP contribution in [0.4, 0.5) is 10.3 Å². The number of halogens is 1. The third kappa shape index (κ3) is 3.57. The molecule has 0 saturated carbocycles. The zero-order chi connectivity index (χ0) is 14.4. The molecule has 1 aromatic carbocycles. The van der Waals surface area contributed by atoms with Crippen LogP contribution >= 0.6 is 0 Å². The van der Waals surface area contributed by atoms with Crippen LogP contribution < -0.4 is 5.32 Å². The van der Waals surface area contributed by atoms with E-state index in [9.17, 15) is 4.39 Å². The van der Waals surface area contributed by atoms with E-state index in [1.165, 1.54) is 6.07 Å². The third-order valence-corrected chi connectivity index (χ3v) is 3.03. The number of ether oxygens (including phenoxy) is 1. The Hall–Kier alpha value is -1.88. The largest absolute Gasteiger partial charge is 0.382 e. The Morgan fingerprint density at radius 3 is 3.00 bits per heavy atom. The summed E-state index contributed by atoms with van der Waals surface area (Å²) in [6.07, 6.45) is 4.42. The molecule has 1 heterocycles. The first-order chi connectivity index (χ1) is 9.72. The summed E-state index contributed by atoms with van der Waals surface area (Å²) in [7, 11) is 0. The summed E-state index contributed by atoms with van der Waals surface area (Å²) in [5, 5.41) is 3.23. The second-order valence-corrected chi connectivity index (χ2v) is 4.53. The van der Waals surface area contributed by atoms with Crippen LogP contribution in [0.25, 0.3) is 5.69 Å². The lowest BCUT2D eigenvalue weighted by molar-refractivity contribution is 0.147. The van der Waals surface area contributed by atoms with Crippen LogP contribution in [-0.2, 0) is 4.74 Å². The van der Waals surface area contributed by atoms with E-state index in [0.717, 1.165) is 31.9 Å². The van der Waals surface area contributed by atoms with Crippen LogP contribution in [-0.4, -0.2) is 29.3 Å². The minimum atomic E-state index is -0.210. The maximum Gasteiger partial charge on any atom is 0.207 e. The number of imidazole rings is 1. The van der Waals surface area contributed by atoms with E-state index < -0.39 is 0 Å². The number of rotatable bonds is 7. The van der Waals surface area contributed by atoms with E-state index in [-0.39, 0.29) is 5.82 Å². The number of hydrogen-bond donors (Lipinski definition) is 1. The van der Waals surface area contributed by atoms with Crippen molar-refractivity contribution in [3.8, 4) is 5.69 Å². The van der Waals surface area contributed by atoms with E-state index in [2.05, 4.69) is 10.3 Å². The molecule has 0 fully saturated rings. The van der Waals surface area contributed by atoms with E-state index in [1.54, 1.807) is 19.2 Å². The van der Waals surface area contributed by atoms with E-state index in [0.29, 0.717) is 11.5 Å². The number of benzene rings is 1. The highest BCUT2D eigenvalue weighted by Gasteiger charge is 2.06. The summed E-state index contributed by atoms with van der Waals surface area (Å²) in [5.41, 5.74) is 1.40. The Morgan fingerprint density at radius 1 is 1.40 bits per heavy atom. The molecule has 0 amide bonds. The molecular formula is C15H20FN3O. The van der Waals surface area contributed by atoms with Gasteiger partial charge in [0.05, 0.1) is 5.69 Å². The predicted molar refractivity (Wildman–Crippen MR) is 77.9 cm³/mol. The van der Waals surface area contributed by atoms with Crippen molar-refractivity contribution in [2.24, 2.45) is 0 Å². The first kappa shape index (κ1) is 14.5. The quantitative estimate of drug-likeness (QED) is 0.790. The van der Waals surface area contributed by atoms with Crippen LogP contribution in [0.3, 0.4) is 0 Å². The van der Waals surface area contributed by atoms with Gasteiger partial charge in [0.25, 0.3) is 0 Å². The summed E-state index contributed by atoms with van der Waals surface area (Å²) < 4.78 is 20.7. The van der Waals surface area contributed by atoms with Crippen LogP contribution in [0, 0.1) is 12.7 Å². The van der Waals surface area contributed by atoms with Crippen molar-refractivity contribution in [2.45, 2.75) is 20.3 Å². The average molecular weight is 277 g/mol. The van der Waals surface area contributed by atoms with E-state index in [1.807, 2.05) is 23.8 Å². The molecule has 0 bridgehead atoms. The van der Waals surface area contributed by atoms with Crippen molar-refractivity contribution >= 4 is 5.95 Å². The minimum absolute atomic E-state index is 0.210. The summed E-state index contributed by atoms with van der Waals surface area (Å²) in [4.78, 5) is 4.25. The van der Waals surface area contributed by atoms with Gasteiger partial charge in [0.1, 0.15) is 5.82 Å². The SMILES string of the molecule is CCOCCCNc1nccn1-c1ccc(C)c(F)c1. The molecule has 2 aromatic rings. The molecule has 4 nitrogen and oxygen atoms in total. The maximum atomic E-state index is 13.6. The van der Waals surface area contributed by atoms with Crippen molar-refractivity contribution in [3.05, 3.63) is 42.0 Å². The maximum absolute atomic E-state index is 13.6. The van der Waals surface area contributed by atoms with Gasteiger partial charge < -0.3 is 10.1 Å². The van der Waals surface area contributed by atoms with Crippen LogP contribution in [0.15, 0.2) is 30.6 Å². The highest BCUT2D eigenvalue weighted by atomic mass is 19.1. The monoisotopic (exact) mass is 277 g/mol. The summed E-state index contributed by atoms with van der Waals surface area (Å²) >= 11 is 0. The number of aromatic nitrogens is 2. The van der Waals surface area contributed by atoms with Gasteiger partial charge in [-0.1, -0.05) is 6.07 Å². The zero-order valence-electron chi connectivity index (χ0n) is 11.9. The lowest BCUT2D eigenvalue weighted by Gasteiger charge is -2.10. The minimum Gasteiger partial charge on any atom is -0.382 e. The highest BCUT2D eigenvalue weighted by Crippen LogP contribution is 2.17. The number of hydrogen-bond acceptors (Lipinski definition) is 3. The molecule has 0 aliphatic heterocycles. The molecule has 108 valence electrons. The van der Waals surface area contributed by atoms with Gasteiger partial charge in [0.15, 0.2) is 0 Å². The fourth-order valence-corrected chi connectivity index (χ4v) is 1.89. The molecule has 0 radical (unpaired) electrons. The third-order valence-electron chi connectivity index (χ3n) is 3.03. The summed E-state index contributed by atoms with van der Waals surface area (Å²) in [6.45, 7) is 5.96. The average Bonchev–Trinajstić information content (AvgIpc) is 2.90. The molecule has 0 unspecified atom stereocenters. The molecule has 2 rings (SSSR count). The highest BCUT2D eigenvalue weighted by molar-refractivity contribution is 5.43.